The molecule has 0 saturated carbocycles. The Labute approximate surface area is 187 Å². The molecule has 4 rings (SSSR count). The van der Waals surface area contributed by atoms with Crippen LogP contribution in [0.2, 0.25) is 0 Å². The fourth-order valence-electron chi connectivity index (χ4n) is 4.50. The van der Waals surface area contributed by atoms with Crippen LogP contribution >= 0.6 is 0 Å². The van der Waals surface area contributed by atoms with E-state index in [2.05, 4.69) is 11.0 Å². The smallest absolute Gasteiger partial charge is 0.411 e. The zero-order valence-electron chi connectivity index (χ0n) is 18.3. The summed E-state index contributed by atoms with van der Waals surface area (Å²) in [7, 11) is 1.49. The van der Waals surface area contributed by atoms with Crippen LogP contribution in [0.15, 0.2) is 42.5 Å². The lowest BCUT2D eigenvalue weighted by atomic mass is 10.0. The van der Waals surface area contributed by atoms with Gasteiger partial charge in [0.1, 0.15) is 0 Å². The Bertz CT molecular complexity index is 1210. The predicted octanol–water partition coefficient (Wildman–Crippen LogP) is 4.59. The second-order valence-corrected chi connectivity index (χ2v) is 8.26. The number of aromatic nitrogens is 1. The van der Waals surface area contributed by atoms with E-state index in [-0.39, 0.29) is 5.78 Å². The maximum absolute atomic E-state index is 13.5. The van der Waals surface area contributed by atoms with Crippen molar-refractivity contribution < 1.29 is 14.7 Å². The molecule has 32 heavy (non-hydrogen) atoms. The molecule has 1 amide bonds. The molecular formula is C25H26N4O3. The number of amides is 1. The fourth-order valence-corrected chi connectivity index (χ4v) is 4.50. The molecule has 3 aromatic rings. The van der Waals surface area contributed by atoms with E-state index in [0.29, 0.717) is 23.4 Å². The van der Waals surface area contributed by atoms with E-state index >= 15 is 0 Å². The topological polar surface area (TPSA) is 89.6 Å². The van der Waals surface area contributed by atoms with Gasteiger partial charge in [0.15, 0.2) is 5.78 Å². The third-order valence-electron chi connectivity index (χ3n) is 6.21. The van der Waals surface area contributed by atoms with Crippen molar-refractivity contribution in [1.29, 1.82) is 5.26 Å². The van der Waals surface area contributed by atoms with Crippen LogP contribution in [0, 0.1) is 18.3 Å². The lowest BCUT2D eigenvalue weighted by molar-refractivity contribution is 0.0916. The van der Waals surface area contributed by atoms with Gasteiger partial charge in [-0.25, -0.2) is 4.79 Å². The summed E-state index contributed by atoms with van der Waals surface area (Å²) in [6, 6.07) is 14.7. The molecule has 2 heterocycles. The maximum atomic E-state index is 13.5. The molecule has 0 unspecified atom stereocenters. The molecule has 1 aromatic heterocycles. The quantitative estimate of drug-likeness (QED) is 0.598. The molecule has 2 aromatic carbocycles. The zero-order valence-corrected chi connectivity index (χ0v) is 18.3. The zero-order chi connectivity index (χ0) is 22.8. The minimum atomic E-state index is -1.06. The van der Waals surface area contributed by atoms with Gasteiger partial charge in [-0.2, -0.15) is 5.26 Å². The minimum absolute atomic E-state index is 0.0388. The van der Waals surface area contributed by atoms with E-state index in [0.717, 1.165) is 53.1 Å². The van der Waals surface area contributed by atoms with Gasteiger partial charge in [0, 0.05) is 35.1 Å². The standard InChI is InChI=1S/C25H26N4O3/c1-17-24(23(30)16-28-12-4-3-5-13-28)21-14-20(27(2)25(31)32)10-11-22(21)29(17)19-8-6-18(15-26)7-9-19/h6-11,14H,3-5,12-13,16H2,1-2H3,(H,31,32). The molecule has 7 heteroatoms. The summed E-state index contributed by atoms with van der Waals surface area (Å²) in [5.41, 5.74) is 4.18. The van der Waals surface area contributed by atoms with Crippen molar-refractivity contribution >= 4 is 28.5 Å². The largest absolute Gasteiger partial charge is 0.465 e. The highest BCUT2D eigenvalue weighted by molar-refractivity contribution is 6.12. The van der Waals surface area contributed by atoms with Crippen molar-refractivity contribution in [2.24, 2.45) is 0 Å². The number of nitrogens with zero attached hydrogens (tertiary/aromatic N) is 4. The Balaban J connectivity index is 1.86. The molecule has 7 nitrogen and oxygen atoms in total. The Hall–Kier alpha value is -3.63. The van der Waals surface area contributed by atoms with Crippen LogP contribution in [0.5, 0.6) is 0 Å². The van der Waals surface area contributed by atoms with Gasteiger partial charge in [-0.15, -0.1) is 0 Å². The maximum Gasteiger partial charge on any atom is 0.411 e. The van der Waals surface area contributed by atoms with Crippen LogP contribution in [0.25, 0.3) is 16.6 Å². The average Bonchev–Trinajstić information content (AvgIpc) is 3.10. The molecule has 1 aliphatic heterocycles. The van der Waals surface area contributed by atoms with Crippen molar-refractivity contribution in [2.45, 2.75) is 26.2 Å². The van der Waals surface area contributed by atoms with E-state index in [9.17, 15) is 14.7 Å². The van der Waals surface area contributed by atoms with E-state index in [1.165, 1.54) is 13.5 Å². The SMILES string of the molecule is Cc1c(C(=O)CN2CCCCC2)c2cc(N(C)C(=O)O)ccc2n1-c1ccc(C#N)cc1. The number of rotatable bonds is 5. The number of hydrogen-bond donors (Lipinski definition) is 1. The van der Waals surface area contributed by atoms with E-state index in [4.69, 9.17) is 5.26 Å². The van der Waals surface area contributed by atoms with Gasteiger partial charge in [0.25, 0.3) is 0 Å². The summed E-state index contributed by atoms with van der Waals surface area (Å²) >= 11 is 0. The molecule has 1 aliphatic rings. The molecule has 0 bridgehead atoms. The van der Waals surface area contributed by atoms with Gasteiger partial charge in [0.05, 0.1) is 23.7 Å². The number of carbonyl (C=O) groups is 2. The first-order chi connectivity index (χ1) is 15.4. The number of piperidine rings is 1. The molecule has 0 atom stereocenters. The van der Waals surface area contributed by atoms with E-state index in [1.807, 2.05) is 29.7 Å². The number of ketones is 1. The first-order valence-corrected chi connectivity index (χ1v) is 10.8. The van der Waals surface area contributed by atoms with Crippen LogP contribution in [0.3, 0.4) is 0 Å². The van der Waals surface area contributed by atoms with Crippen LogP contribution in [-0.4, -0.2) is 53.1 Å². The van der Waals surface area contributed by atoms with Gasteiger partial charge >= 0.3 is 6.09 Å². The molecule has 1 N–H and O–H groups in total. The molecule has 164 valence electrons. The molecular weight excluding hydrogens is 404 g/mol. The minimum Gasteiger partial charge on any atom is -0.465 e. The Morgan fingerprint density at radius 3 is 2.41 bits per heavy atom. The Morgan fingerprint density at radius 2 is 1.78 bits per heavy atom. The molecule has 1 fully saturated rings. The van der Waals surface area contributed by atoms with Gasteiger partial charge in [0.2, 0.25) is 0 Å². The Morgan fingerprint density at radius 1 is 1.09 bits per heavy atom. The van der Waals surface area contributed by atoms with Crippen molar-refractivity contribution in [2.75, 3.05) is 31.6 Å². The highest BCUT2D eigenvalue weighted by atomic mass is 16.4. The summed E-state index contributed by atoms with van der Waals surface area (Å²) in [4.78, 5) is 28.3. The number of nitriles is 1. The summed E-state index contributed by atoms with van der Waals surface area (Å²) in [6.45, 7) is 4.12. The lowest BCUT2D eigenvalue weighted by Gasteiger charge is -2.25. The number of likely N-dealkylation sites (tertiary alicyclic amines) is 1. The van der Waals surface area contributed by atoms with Gasteiger partial charge in [-0.05, 0) is 75.3 Å². The van der Waals surface area contributed by atoms with E-state index in [1.54, 1.807) is 24.3 Å². The monoisotopic (exact) mass is 430 g/mol. The van der Waals surface area contributed by atoms with Crippen molar-refractivity contribution in [3.05, 3.63) is 59.3 Å². The normalized spacial score (nSPS) is 14.3. The predicted molar refractivity (Wildman–Crippen MR) is 124 cm³/mol. The number of benzene rings is 2. The number of anilines is 1. The summed E-state index contributed by atoms with van der Waals surface area (Å²) < 4.78 is 2.00. The highest BCUT2D eigenvalue weighted by Gasteiger charge is 2.24. The first-order valence-electron chi connectivity index (χ1n) is 10.8. The summed E-state index contributed by atoms with van der Waals surface area (Å²) in [5.74, 6) is 0.0388. The Kier molecular flexibility index (Phi) is 5.97. The highest BCUT2D eigenvalue weighted by Crippen LogP contribution is 2.33. The van der Waals surface area contributed by atoms with E-state index < -0.39 is 6.09 Å². The van der Waals surface area contributed by atoms with Gasteiger partial charge in [-0.1, -0.05) is 6.42 Å². The van der Waals surface area contributed by atoms with Crippen LogP contribution < -0.4 is 4.90 Å². The van der Waals surface area contributed by atoms with Crippen LogP contribution in [0.1, 0.15) is 40.9 Å². The lowest BCUT2D eigenvalue weighted by Crippen LogP contribution is -2.34. The number of carboxylic acid groups (broad SMARTS) is 1. The number of carbonyl (C=O) groups excluding carboxylic acids is 1. The van der Waals surface area contributed by atoms with Crippen LogP contribution in [-0.2, 0) is 0 Å². The second-order valence-electron chi connectivity index (χ2n) is 8.26. The van der Waals surface area contributed by atoms with Crippen molar-refractivity contribution in [3.63, 3.8) is 0 Å². The number of fused-ring (bicyclic) bond motifs is 1. The molecule has 0 spiro atoms. The fraction of sp³-hybridized carbons (Fsp3) is 0.320. The summed E-state index contributed by atoms with van der Waals surface area (Å²) in [6.07, 6.45) is 2.35. The third-order valence-corrected chi connectivity index (χ3v) is 6.21. The first kappa shape index (κ1) is 21.6. The molecule has 0 aliphatic carbocycles. The van der Waals surface area contributed by atoms with Crippen LogP contribution in [0.4, 0.5) is 10.5 Å². The molecule has 0 radical (unpaired) electrons. The molecule has 1 saturated heterocycles. The van der Waals surface area contributed by atoms with Crippen molar-refractivity contribution in [3.8, 4) is 11.8 Å². The average molecular weight is 431 g/mol. The third kappa shape index (κ3) is 3.97. The summed E-state index contributed by atoms with van der Waals surface area (Å²) in [5, 5.41) is 19.3. The van der Waals surface area contributed by atoms with Gasteiger partial charge in [-0.3, -0.25) is 14.6 Å². The van der Waals surface area contributed by atoms with Crippen molar-refractivity contribution in [1.82, 2.24) is 9.47 Å². The number of hydrogen-bond acceptors (Lipinski definition) is 4. The van der Waals surface area contributed by atoms with Gasteiger partial charge < -0.3 is 9.67 Å². The number of Topliss-reactive ketones (excluding diaryl/α,β-unsaturated/α-hetero) is 1. The second kappa shape index (κ2) is 8.85.